The van der Waals surface area contributed by atoms with Gasteiger partial charge in [0.1, 0.15) is 6.04 Å². The van der Waals surface area contributed by atoms with E-state index in [1.807, 2.05) is 4.90 Å². The molecule has 5 heteroatoms. The summed E-state index contributed by atoms with van der Waals surface area (Å²) in [4.78, 5) is 26.1. The molecule has 3 N–H and O–H groups in total. The summed E-state index contributed by atoms with van der Waals surface area (Å²) >= 11 is 0. The quantitative estimate of drug-likeness (QED) is 0.787. The fourth-order valence-electron chi connectivity index (χ4n) is 3.07. The predicted octanol–water partition coefficient (Wildman–Crippen LogP) is 0.631. The third kappa shape index (κ3) is 3.69. The van der Waals surface area contributed by atoms with Crippen LogP contribution < -0.4 is 11.1 Å². The van der Waals surface area contributed by atoms with E-state index in [4.69, 9.17) is 5.73 Å². The number of carbonyl (C=O) groups excluding carboxylic acids is 2. The molecule has 1 aliphatic heterocycles. The minimum atomic E-state index is -0.413. The highest BCUT2D eigenvalue weighted by Crippen LogP contribution is 2.23. The normalized spacial score (nSPS) is 29.1. The van der Waals surface area contributed by atoms with Crippen molar-refractivity contribution in [3.63, 3.8) is 0 Å². The van der Waals surface area contributed by atoms with Crippen molar-refractivity contribution in [2.24, 2.45) is 11.7 Å². The van der Waals surface area contributed by atoms with Gasteiger partial charge in [0.15, 0.2) is 0 Å². The molecule has 1 saturated carbocycles. The standard InChI is InChI=1S/C14H25N3O2/c1-10(14(19)17-7-2-3-8-17)16-13(18)11-5-4-6-12(15)9-11/h10-12H,2-9,15H2,1H3,(H,16,18). The van der Waals surface area contributed by atoms with Gasteiger partial charge in [0.2, 0.25) is 11.8 Å². The molecule has 2 amide bonds. The predicted molar refractivity (Wildman–Crippen MR) is 73.4 cm³/mol. The molecule has 2 rings (SSSR count). The van der Waals surface area contributed by atoms with E-state index >= 15 is 0 Å². The summed E-state index contributed by atoms with van der Waals surface area (Å²) in [5, 5.41) is 2.86. The van der Waals surface area contributed by atoms with Crippen molar-refractivity contribution in [3.05, 3.63) is 0 Å². The van der Waals surface area contributed by atoms with Crippen molar-refractivity contribution in [1.29, 1.82) is 0 Å². The zero-order valence-electron chi connectivity index (χ0n) is 11.7. The van der Waals surface area contributed by atoms with Crippen molar-refractivity contribution >= 4 is 11.8 Å². The molecular formula is C14H25N3O2. The summed E-state index contributed by atoms with van der Waals surface area (Å²) in [6.45, 7) is 3.43. The minimum Gasteiger partial charge on any atom is -0.344 e. The van der Waals surface area contributed by atoms with E-state index in [1.54, 1.807) is 6.92 Å². The SMILES string of the molecule is CC(NC(=O)C1CCCC(N)C1)C(=O)N1CCCC1. The van der Waals surface area contributed by atoms with E-state index in [1.165, 1.54) is 0 Å². The molecule has 0 aromatic rings. The van der Waals surface area contributed by atoms with E-state index in [0.29, 0.717) is 0 Å². The molecule has 3 atom stereocenters. The van der Waals surface area contributed by atoms with Crippen molar-refractivity contribution in [1.82, 2.24) is 10.2 Å². The highest BCUT2D eigenvalue weighted by atomic mass is 16.2. The zero-order valence-corrected chi connectivity index (χ0v) is 11.7. The molecule has 2 aliphatic rings. The number of rotatable bonds is 3. The van der Waals surface area contributed by atoms with Crippen LogP contribution in [0.15, 0.2) is 0 Å². The second-order valence-corrected chi connectivity index (χ2v) is 5.89. The van der Waals surface area contributed by atoms with E-state index in [0.717, 1.165) is 51.6 Å². The van der Waals surface area contributed by atoms with Crippen molar-refractivity contribution in [2.45, 2.75) is 57.5 Å². The minimum absolute atomic E-state index is 0.00445. The van der Waals surface area contributed by atoms with Crippen molar-refractivity contribution < 1.29 is 9.59 Å². The Hall–Kier alpha value is -1.10. The molecular weight excluding hydrogens is 242 g/mol. The van der Waals surface area contributed by atoms with Gasteiger partial charge < -0.3 is 16.0 Å². The summed E-state index contributed by atoms with van der Waals surface area (Å²) in [5.41, 5.74) is 5.90. The average Bonchev–Trinajstić information content (AvgIpc) is 2.91. The van der Waals surface area contributed by atoms with E-state index < -0.39 is 6.04 Å². The van der Waals surface area contributed by atoms with Crippen LogP contribution in [0.1, 0.15) is 45.4 Å². The number of amides is 2. The smallest absolute Gasteiger partial charge is 0.244 e. The Kier molecular flexibility index (Phi) is 4.80. The van der Waals surface area contributed by atoms with Crippen LogP contribution in [-0.2, 0) is 9.59 Å². The van der Waals surface area contributed by atoms with Gasteiger partial charge in [-0.3, -0.25) is 9.59 Å². The Bertz CT molecular complexity index is 340. The average molecular weight is 267 g/mol. The summed E-state index contributed by atoms with van der Waals surface area (Å²) in [7, 11) is 0. The maximum Gasteiger partial charge on any atom is 0.244 e. The lowest BCUT2D eigenvalue weighted by Gasteiger charge is -2.28. The highest BCUT2D eigenvalue weighted by molar-refractivity contribution is 5.88. The Balaban J connectivity index is 1.82. The molecule has 19 heavy (non-hydrogen) atoms. The summed E-state index contributed by atoms with van der Waals surface area (Å²) < 4.78 is 0. The number of nitrogens with one attached hydrogen (secondary N) is 1. The van der Waals surface area contributed by atoms with Crippen LogP contribution in [0, 0.1) is 5.92 Å². The first-order valence-electron chi connectivity index (χ1n) is 7.42. The summed E-state index contributed by atoms with van der Waals surface area (Å²) in [5.74, 6) is 0.0266. The van der Waals surface area contributed by atoms with Crippen LogP contribution in [0.25, 0.3) is 0 Å². The van der Waals surface area contributed by atoms with Gasteiger partial charge in [-0.25, -0.2) is 0 Å². The Morgan fingerprint density at radius 3 is 2.53 bits per heavy atom. The third-order valence-electron chi connectivity index (χ3n) is 4.23. The summed E-state index contributed by atoms with van der Waals surface area (Å²) in [6, 6.07) is -0.280. The van der Waals surface area contributed by atoms with Crippen LogP contribution in [-0.4, -0.2) is 41.9 Å². The third-order valence-corrected chi connectivity index (χ3v) is 4.23. The van der Waals surface area contributed by atoms with Gasteiger partial charge in [-0.1, -0.05) is 6.42 Å². The summed E-state index contributed by atoms with van der Waals surface area (Å²) in [6.07, 6.45) is 5.80. The molecule has 0 aromatic heterocycles. The zero-order chi connectivity index (χ0) is 13.8. The van der Waals surface area contributed by atoms with Crippen LogP contribution in [0.4, 0.5) is 0 Å². The topological polar surface area (TPSA) is 75.4 Å². The van der Waals surface area contributed by atoms with Crippen molar-refractivity contribution in [3.8, 4) is 0 Å². The van der Waals surface area contributed by atoms with Gasteiger partial charge in [0, 0.05) is 25.0 Å². The lowest BCUT2D eigenvalue weighted by atomic mass is 9.85. The lowest BCUT2D eigenvalue weighted by molar-refractivity contribution is -0.136. The van der Waals surface area contributed by atoms with Crippen molar-refractivity contribution in [2.75, 3.05) is 13.1 Å². The van der Waals surface area contributed by atoms with E-state index in [2.05, 4.69) is 5.32 Å². The fourth-order valence-corrected chi connectivity index (χ4v) is 3.07. The molecule has 0 spiro atoms. The van der Waals surface area contributed by atoms with Crippen LogP contribution in [0.5, 0.6) is 0 Å². The molecule has 0 radical (unpaired) electrons. The molecule has 108 valence electrons. The Morgan fingerprint density at radius 2 is 1.89 bits per heavy atom. The van der Waals surface area contributed by atoms with Gasteiger partial charge in [0.05, 0.1) is 0 Å². The number of hydrogen-bond donors (Lipinski definition) is 2. The molecule has 5 nitrogen and oxygen atoms in total. The maximum atomic E-state index is 12.1. The Morgan fingerprint density at radius 1 is 1.21 bits per heavy atom. The molecule has 1 aliphatic carbocycles. The fraction of sp³-hybridized carbons (Fsp3) is 0.857. The number of nitrogens with two attached hydrogens (primary N) is 1. The van der Waals surface area contributed by atoms with Gasteiger partial charge in [0.25, 0.3) is 0 Å². The molecule has 2 fully saturated rings. The van der Waals surface area contributed by atoms with Crippen LogP contribution >= 0.6 is 0 Å². The van der Waals surface area contributed by atoms with Gasteiger partial charge >= 0.3 is 0 Å². The number of nitrogens with zero attached hydrogens (tertiary/aromatic N) is 1. The Labute approximate surface area is 114 Å². The molecule has 1 heterocycles. The first-order chi connectivity index (χ1) is 9.08. The lowest BCUT2D eigenvalue weighted by Crippen LogP contribution is -2.48. The maximum absolute atomic E-state index is 12.1. The monoisotopic (exact) mass is 267 g/mol. The van der Waals surface area contributed by atoms with E-state index in [-0.39, 0.29) is 23.8 Å². The molecule has 0 aromatic carbocycles. The van der Waals surface area contributed by atoms with Gasteiger partial charge in [-0.2, -0.15) is 0 Å². The molecule has 0 bridgehead atoms. The first-order valence-corrected chi connectivity index (χ1v) is 7.42. The van der Waals surface area contributed by atoms with Gasteiger partial charge in [-0.15, -0.1) is 0 Å². The highest BCUT2D eigenvalue weighted by Gasteiger charge is 2.29. The first kappa shape index (κ1) is 14.3. The van der Waals surface area contributed by atoms with Gasteiger partial charge in [-0.05, 0) is 39.0 Å². The van der Waals surface area contributed by atoms with Crippen LogP contribution in [0.2, 0.25) is 0 Å². The largest absolute Gasteiger partial charge is 0.344 e. The number of carbonyl (C=O) groups is 2. The second-order valence-electron chi connectivity index (χ2n) is 5.89. The van der Waals surface area contributed by atoms with E-state index in [9.17, 15) is 9.59 Å². The molecule has 3 unspecified atom stereocenters. The number of hydrogen-bond acceptors (Lipinski definition) is 3. The number of likely N-dealkylation sites (tertiary alicyclic amines) is 1. The molecule has 1 saturated heterocycles. The van der Waals surface area contributed by atoms with Crippen LogP contribution in [0.3, 0.4) is 0 Å². The second kappa shape index (κ2) is 6.37.